The highest BCUT2D eigenvalue weighted by Crippen LogP contribution is 2.16. The van der Waals surface area contributed by atoms with Crippen molar-refractivity contribution >= 4 is 35.6 Å². The van der Waals surface area contributed by atoms with Gasteiger partial charge in [0.1, 0.15) is 5.75 Å². The smallest absolute Gasteiger partial charge is 0.193 e. The molecule has 0 radical (unpaired) electrons. The van der Waals surface area contributed by atoms with Gasteiger partial charge in [0, 0.05) is 25.9 Å². The normalized spacial score (nSPS) is 11.2. The van der Waals surface area contributed by atoms with E-state index in [1.165, 1.54) is 0 Å². The molecule has 0 aliphatic carbocycles. The third-order valence-corrected chi connectivity index (χ3v) is 2.79. The van der Waals surface area contributed by atoms with Crippen molar-refractivity contribution in [2.45, 2.75) is 39.2 Å². The van der Waals surface area contributed by atoms with Crippen LogP contribution in [0.1, 0.15) is 33.1 Å². The second-order valence-corrected chi connectivity index (χ2v) is 5.14. The zero-order valence-electron chi connectivity index (χ0n) is 13.7. The molecule has 0 bridgehead atoms. The lowest BCUT2D eigenvalue weighted by atomic mass is 10.2. The molecular weight excluding hydrogens is 393 g/mol. The summed E-state index contributed by atoms with van der Waals surface area (Å²) in [4.78, 5) is 4.30. The van der Waals surface area contributed by atoms with Gasteiger partial charge in [-0.15, -0.1) is 24.0 Å². The lowest BCUT2D eigenvalue weighted by Gasteiger charge is -2.10. The first-order chi connectivity index (χ1) is 10.1. The van der Waals surface area contributed by atoms with Crippen molar-refractivity contribution in [3.8, 4) is 5.75 Å². The molecule has 1 aromatic carbocycles. The zero-order valence-corrected chi connectivity index (χ0v) is 16.0. The van der Waals surface area contributed by atoms with E-state index in [9.17, 15) is 0 Å². The molecule has 0 amide bonds. The highest BCUT2D eigenvalue weighted by atomic mass is 127. The molecule has 0 saturated heterocycles. The van der Waals surface area contributed by atoms with Gasteiger partial charge in [-0.2, -0.15) is 0 Å². The van der Waals surface area contributed by atoms with E-state index in [0.29, 0.717) is 5.96 Å². The van der Waals surface area contributed by atoms with E-state index < -0.39 is 0 Å². The number of benzene rings is 1. The molecule has 0 aliphatic heterocycles. The number of halogens is 1. The fourth-order valence-corrected chi connectivity index (χ4v) is 1.81. The molecule has 126 valence electrons. The lowest BCUT2D eigenvalue weighted by Crippen LogP contribution is -2.22. The Hall–Kier alpha value is -1.02. The maximum atomic E-state index is 5.85. The minimum Gasteiger partial charge on any atom is -0.491 e. The first-order valence-corrected chi connectivity index (χ1v) is 7.44. The molecule has 0 unspecified atom stereocenters. The number of nitrogens with two attached hydrogens (primary N) is 1. The van der Waals surface area contributed by atoms with Gasteiger partial charge in [-0.25, -0.2) is 0 Å². The first kappa shape index (κ1) is 21.0. The van der Waals surface area contributed by atoms with Crippen molar-refractivity contribution in [2.75, 3.05) is 25.6 Å². The minimum atomic E-state index is 0. The fourth-order valence-electron chi connectivity index (χ4n) is 1.81. The van der Waals surface area contributed by atoms with E-state index in [-0.39, 0.29) is 30.1 Å². The van der Waals surface area contributed by atoms with Gasteiger partial charge in [-0.3, -0.25) is 4.99 Å². The predicted octanol–water partition coefficient (Wildman–Crippen LogP) is 3.64. The highest BCUT2D eigenvalue weighted by molar-refractivity contribution is 14.0. The monoisotopic (exact) mass is 421 g/mol. The third-order valence-electron chi connectivity index (χ3n) is 2.79. The van der Waals surface area contributed by atoms with Crippen LogP contribution < -0.4 is 15.8 Å². The number of ether oxygens (including phenoxy) is 2. The van der Waals surface area contributed by atoms with Crippen molar-refractivity contribution in [2.24, 2.45) is 10.7 Å². The second kappa shape index (κ2) is 12.5. The van der Waals surface area contributed by atoms with Crippen LogP contribution in [0.25, 0.3) is 0 Å². The highest BCUT2D eigenvalue weighted by Gasteiger charge is 1.99. The Morgan fingerprint density at radius 2 is 1.86 bits per heavy atom. The number of guanidine groups is 1. The molecule has 1 rings (SSSR count). The Morgan fingerprint density at radius 3 is 2.45 bits per heavy atom. The Morgan fingerprint density at radius 1 is 1.18 bits per heavy atom. The van der Waals surface area contributed by atoms with Crippen molar-refractivity contribution < 1.29 is 9.47 Å². The second-order valence-electron chi connectivity index (χ2n) is 5.14. The predicted molar refractivity (Wildman–Crippen MR) is 103 cm³/mol. The molecule has 0 fully saturated rings. The topological polar surface area (TPSA) is 68.9 Å². The zero-order chi connectivity index (χ0) is 15.5. The summed E-state index contributed by atoms with van der Waals surface area (Å²) in [5.41, 5.74) is 6.76. The van der Waals surface area contributed by atoms with E-state index in [4.69, 9.17) is 15.2 Å². The van der Waals surface area contributed by atoms with Gasteiger partial charge in [0.25, 0.3) is 0 Å². The van der Waals surface area contributed by atoms with Crippen LogP contribution in [0.4, 0.5) is 5.69 Å². The van der Waals surface area contributed by atoms with Gasteiger partial charge in [0.05, 0.1) is 6.10 Å². The standard InChI is InChI=1S/C16H27N3O2.HI/c1-13(2)21-15-9-7-14(8-10-15)19-16(17)18-11-5-4-6-12-20-3;/h7-10,13H,4-6,11-12H2,1-3H3,(H3,17,18,19);1H. The number of methoxy groups -OCH3 is 1. The van der Waals surface area contributed by atoms with Crippen LogP contribution >= 0.6 is 24.0 Å². The number of aliphatic imine (C=N–C) groups is 1. The molecule has 0 heterocycles. The van der Waals surface area contributed by atoms with E-state index in [2.05, 4.69) is 10.3 Å². The molecular formula is C16H28IN3O2. The Labute approximate surface area is 150 Å². The van der Waals surface area contributed by atoms with Crippen LogP contribution in [-0.4, -0.2) is 32.3 Å². The molecule has 0 aliphatic rings. The maximum absolute atomic E-state index is 5.85. The quantitative estimate of drug-likeness (QED) is 0.277. The summed E-state index contributed by atoms with van der Waals surface area (Å²) in [6.07, 6.45) is 3.36. The van der Waals surface area contributed by atoms with Crippen molar-refractivity contribution in [1.82, 2.24) is 0 Å². The van der Waals surface area contributed by atoms with E-state index in [1.807, 2.05) is 38.1 Å². The van der Waals surface area contributed by atoms with Crippen LogP contribution in [0.15, 0.2) is 29.3 Å². The Balaban J connectivity index is 0.00000441. The molecule has 1 aromatic rings. The SMILES string of the molecule is COCCCCCN=C(N)Nc1ccc(OC(C)C)cc1.I. The number of unbranched alkanes of at least 4 members (excludes halogenated alkanes) is 2. The summed E-state index contributed by atoms with van der Waals surface area (Å²) >= 11 is 0. The summed E-state index contributed by atoms with van der Waals surface area (Å²) in [5, 5.41) is 3.07. The van der Waals surface area contributed by atoms with Gasteiger partial charge in [-0.1, -0.05) is 0 Å². The van der Waals surface area contributed by atoms with Gasteiger partial charge >= 0.3 is 0 Å². The van der Waals surface area contributed by atoms with Crippen LogP contribution in [0, 0.1) is 0 Å². The molecule has 0 atom stereocenters. The molecule has 22 heavy (non-hydrogen) atoms. The molecule has 0 saturated carbocycles. The number of rotatable bonds is 9. The maximum Gasteiger partial charge on any atom is 0.193 e. The minimum absolute atomic E-state index is 0. The number of anilines is 1. The first-order valence-electron chi connectivity index (χ1n) is 7.44. The Bertz CT molecular complexity index is 422. The number of nitrogens with zero attached hydrogens (tertiary/aromatic N) is 1. The number of nitrogens with one attached hydrogen (secondary N) is 1. The van der Waals surface area contributed by atoms with Crippen molar-refractivity contribution in [1.29, 1.82) is 0 Å². The van der Waals surface area contributed by atoms with Crippen LogP contribution in [-0.2, 0) is 4.74 Å². The summed E-state index contributed by atoms with van der Waals surface area (Å²) in [5.74, 6) is 1.29. The molecule has 0 aromatic heterocycles. The summed E-state index contributed by atoms with van der Waals surface area (Å²) in [6, 6.07) is 7.69. The summed E-state index contributed by atoms with van der Waals surface area (Å²) < 4.78 is 10.6. The largest absolute Gasteiger partial charge is 0.491 e. The van der Waals surface area contributed by atoms with E-state index in [0.717, 1.165) is 43.9 Å². The average Bonchev–Trinajstić information content (AvgIpc) is 2.44. The van der Waals surface area contributed by atoms with Gasteiger partial charge in [0.2, 0.25) is 0 Å². The lowest BCUT2D eigenvalue weighted by molar-refractivity contribution is 0.192. The van der Waals surface area contributed by atoms with E-state index >= 15 is 0 Å². The number of hydrogen-bond acceptors (Lipinski definition) is 3. The molecule has 5 nitrogen and oxygen atoms in total. The van der Waals surface area contributed by atoms with Crippen molar-refractivity contribution in [3.63, 3.8) is 0 Å². The van der Waals surface area contributed by atoms with Crippen LogP contribution in [0.2, 0.25) is 0 Å². The van der Waals surface area contributed by atoms with Gasteiger partial charge in [0.15, 0.2) is 5.96 Å². The third kappa shape index (κ3) is 9.83. The molecule has 6 heteroatoms. The molecule has 3 N–H and O–H groups in total. The summed E-state index contributed by atoms with van der Waals surface area (Å²) in [7, 11) is 1.72. The van der Waals surface area contributed by atoms with Gasteiger partial charge in [-0.05, 0) is 57.4 Å². The fraction of sp³-hybridized carbons (Fsp3) is 0.562. The van der Waals surface area contributed by atoms with Crippen LogP contribution in [0.5, 0.6) is 5.75 Å². The average molecular weight is 421 g/mol. The summed E-state index contributed by atoms with van der Waals surface area (Å²) in [6.45, 7) is 5.55. The Kier molecular flexibility index (Phi) is 11.9. The number of hydrogen-bond donors (Lipinski definition) is 2. The van der Waals surface area contributed by atoms with E-state index in [1.54, 1.807) is 7.11 Å². The molecule has 0 spiro atoms. The van der Waals surface area contributed by atoms with Crippen molar-refractivity contribution in [3.05, 3.63) is 24.3 Å². The van der Waals surface area contributed by atoms with Crippen LogP contribution in [0.3, 0.4) is 0 Å². The van der Waals surface area contributed by atoms with Gasteiger partial charge < -0.3 is 20.5 Å².